The minimum Gasteiger partial charge on any atom is -0.460 e. The van der Waals surface area contributed by atoms with E-state index in [0.29, 0.717) is 151 Å². The normalized spacial score (nSPS) is 11.7. The molecular weight excluding hydrogens is 968 g/mol. The molecule has 0 amide bonds. The van der Waals surface area contributed by atoms with Crippen LogP contribution in [0.15, 0.2) is 48.5 Å². The number of alkyl halides is 3. The maximum Gasteiger partial charge on any atom is 0.416 e. The van der Waals surface area contributed by atoms with Crippen LogP contribution in [0.4, 0.5) is 24.5 Å². The summed E-state index contributed by atoms with van der Waals surface area (Å²) in [7, 11) is 0. The monoisotopic (exact) mass is 1060 g/mol. The molecule has 0 aliphatic rings. The summed E-state index contributed by atoms with van der Waals surface area (Å²) in [6.45, 7) is 13.6. The van der Waals surface area contributed by atoms with Gasteiger partial charge in [-0.25, -0.2) is 4.79 Å². The van der Waals surface area contributed by atoms with E-state index in [9.17, 15) is 18.0 Å². The van der Waals surface area contributed by atoms with Crippen LogP contribution in [0.3, 0.4) is 0 Å². The van der Waals surface area contributed by atoms with Crippen molar-refractivity contribution in [3.05, 3.63) is 59.7 Å². The molecule has 0 heterocycles. The first-order valence-electron chi connectivity index (χ1n) is 27.5. The Bertz CT molecular complexity index is 1530. The molecule has 1 N–H and O–H groups in total. The van der Waals surface area contributed by atoms with Gasteiger partial charge in [0.15, 0.2) is 0 Å². The number of carbonyl (C=O) groups is 1. The maximum absolute atomic E-state index is 13.1. The van der Waals surface area contributed by atoms with Gasteiger partial charge < -0.3 is 66.9 Å². The Labute approximate surface area is 441 Å². The molecule has 0 bridgehead atoms. The Morgan fingerprint density at radius 2 is 0.689 bits per heavy atom. The average Bonchev–Trinajstić information content (AvgIpc) is 3.40. The van der Waals surface area contributed by atoms with Crippen LogP contribution >= 0.6 is 0 Å². The molecule has 0 aromatic heterocycles. The zero-order valence-electron chi connectivity index (χ0n) is 45.0. The van der Waals surface area contributed by atoms with Gasteiger partial charge in [0.2, 0.25) is 0 Å². The van der Waals surface area contributed by atoms with Crippen molar-refractivity contribution < 1.29 is 79.5 Å². The highest BCUT2D eigenvalue weighted by Gasteiger charge is 2.30. The van der Waals surface area contributed by atoms with Gasteiger partial charge in [-0.05, 0) is 36.8 Å². The number of esters is 1. The quantitative estimate of drug-likeness (QED) is 0.0494. The summed E-state index contributed by atoms with van der Waals surface area (Å²) in [5, 5.41) is 2.86. The van der Waals surface area contributed by atoms with Gasteiger partial charge in [-0.3, -0.25) is 0 Å². The fourth-order valence-electron chi connectivity index (χ4n) is 7.24. The van der Waals surface area contributed by atoms with Gasteiger partial charge in [0, 0.05) is 12.3 Å². The Balaban J connectivity index is 1.18. The summed E-state index contributed by atoms with van der Waals surface area (Å²) in [6, 6.07) is 11.2. The summed E-state index contributed by atoms with van der Waals surface area (Å²) >= 11 is 0. The number of nitrogens with one attached hydrogen (secondary N) is 1. The Morgan fingerprint density at radius 3 is 1.04 bits per heavy atom. The molecule has 428 valence electrons. The molecule has 2 rings (SSSR count). The van der Waals surface area contributed by atoms with Crippen LogP contribution in [0.25, 0.3) is 0 Å². The van der Waals surface area contributed by atoms with Gasteiger partial charge in [-0.15, -0.1) is 0 Å². The van der Waals surface area contributed by atoms with E-state index in [1.54, 1.807) is 18.2 Å². The molecule has 0 unspecified atom stereocenters. The first-order valence-corrected chi connectivity index (χ1v) is 27.5. The molecule has 0 saturated carbocycles. The second kappa shape index (κ2) is 50.8. The van der Waals surface area contributed by atoms with Crippen LogP contribution in [0, 0.1) is 0 Å². The number of hydrogen-bond acceptors (Lipinski definition) is 15. The van der Waals surface area contributed by atoms with Crippen molar-refractivity contribution in [2.75, 3.05) is 170 Å². The number of ether oxygens (including phenoxy) is 13. The summed E-state index contributed by atoms with van der Waals surface area (Å²) in [4.78, 5) is 12.6. The van der Waals surface area contributed by atoms with Gasteiger partial charge in [0.05, 0.1) is 169 Å². The highest BCUT2D eigenvalue weighted by atomic mass is 19.4. The molecule has 0 spiro atoms. The third kappa shape index (κ3) is 42.2. The predicted molar refractivity (Wildman–Crippen MR) is 281 cm³/mol. The smallest absolute Gasteiger partial charge is 0.416 e. The molecule has 0 aliphatic heterocycles. The molecule has 2 aromatic rings. The first kappa shape index (κ1) is 67.1. The van der Waals surface area contributed by atoms with E-state index >= 15 is 0 Å². The zero-order chi connectivity index (χ0) is 52.9. The standard InChI is InChI=1S/C56H94F3NO14/c1-2-3-4-5-6-7-8-9-10-11-12-13-14-15-16-19-25-62-26-27-63-28-29-64-30-31-65-32-33-66-34-35-67-36-37-68-38-39-69-40-41-70-42-43-71-44-45-72-46-47-73-48-49-74-55(61)53-23-17-18-24-54(53)60-52-22-20-21-51(50-52)56(57,58)59/h17-18,20-24,50,60H,2-16,19,25-49H2,1H3. The number of rotatable bonds is 56. The van der Waals surface area contributed by atoms with Crippen molar-refractivity contribution in [3.8, 4) is 0 Å². The van der Waals surface area contributed by atoms with E-state index in [0.717, 1.165) is 25.2 Å². The SMILES string of the molecule is CCCCCCCCCCCCCCCCCCOCCOCCOCCOCCOCCOCCOCCOCCOCCOCCOCCOCCOC(=O)c1ccccc1Nc1cccc(C(F)(F)F)c1. The van der Waals surface area contributed by atoms with Crippen LogP contribution in [0.5, 0.6) is 0 Å². The fraction of sp³-hybridized carbons (Fsp3) is 0.768. The Hall–Kier alpha value is -2.98. The van der Waals surface area contributed by atoms with Gasteiger partial charge in [0.25, 0.3) is 0 Å². The van der Waals surface area contributed by atoms with Crippen molar-refractivity contribution in [1.29, 1.82) is 0 Å². The average molecular weight is 1060 g/mol. The number of unbranched alkanes of at least 4 members (excludes halogenated alkanes) is 15. The Morgan fingerprint density at radius 1 is 0.378 bits per heavy atom. The number of hydrogen-bond donors (Lipinski definition) is 1. The van der Waals surface area contributed by atoms with Crippen LogP contribution in [0.2, 0.25) is 0 Å². The summed E-state index contributed by atoms with van der Waals surface area (Å²) < 4.78 is 111. The number of halogens is 3. The molecular formula is C56H94F3NO14. The number of benzene rings is 2. The highest BCUT2D eigenvalue weighted by Crippen LogP contribution is 2.32. The predicted octanol–water partition coefficient (Wildman–Crippen LogP) is 11.1. The number of para-hydroxylation sites is 1. The first-order chi connectivity index (χ1) is 36.4. The van der Waals surface area contributed by atoms with Crippen molar-refractivity contribution >= 4 is 17.3 Å². The lowest BCUT2D eigenvalue weighted by molar-refractivity contribution is -0.137. The lowest BCUT2D eigenvalue weighted by Gasteiger charge is -2.13. The van der Waals surface area contributed by atoms with E-state index < -0.39 is 17.7 Å². The molecule has 0 fully saturated rings. The Kier molecular flexibility index (Phi) is 46.1. The second-order valence-corrected chi connectivity index (χ2v) is 17.5. The third-order valence-electron chi connectivity index (χ3n) is 11.3. The molecule has 0 atom stereocenters. The highest BCUT2D eigenvalue weighted by molar-refractivity contribution is 5.96. The lowest BCUT2D eigenvalue weighted by atomic mass is 10.0. The van der Waals surface area contributed by atoms with Gasteiger partial charge >= 0.3 is 12.1 Å². The number of carbonyl (C=O) groups excluding carboxylic acids is 1. The molecule has 0 radical (unpaired) electrons. The topological polar surface area (TPSA) is 149 Å². The summed E-state index contributed by atoms with van der Waals surface area (Å²) in [5.41, 5.74) is -0.0918. The minimum absolute atomic E-state index is 0.00397. The molecule has 74 heavy (non-hydrogen) atoms. The number of anilines is 2. The van der Waals surface area contributed by atoms with Crippen LogP contribution in [-0.2, 0) is 67.8 Å². The molecule has 0 saturated heterocycles. The summed E-state index contributed by atoms with van der Waals surface area (Å²) in [5.74, 6) is -0.629. The van der Waals surface area contributed by atoms with E-state index in [1.165, 1.54) is 115 Å². The molecule has 2 aromatic carbocycles. The lowest BCUT2D eigenvalue weighted by Crippen LogP contribution is -2.16. The van der Waals surface area contributed by atoms with E-state index in [2.05, 4.69) is 12.2 Å². The van der Waals surface area contributed by atoms with Crippen molar-refractivity contribution in [2.45, 2.75) is 116 Å². The van der Waals surface area contributed by atoms with Gasteiger partial charge in [-0.1, -0.05) is 121 Å². The van der Waals surface area contributed by atoms with Crippen LogP contribution in [-0.4, -0.2) is 171 Å². The largest absolute Gasteiger partial charge is 0.460 e. The zero-order valence-corrected chi connectivity index (χ0v) is 45.0. The van der Waals surface area contributed by atoms with Gasteiger partial charge in [0.1, 0.15) is 6.61 Å². The van der Waals surface area contributed by atoms with E-state index in [1.807, 2.05) is 0 Å². The van der Waals surface area contributed by atoms with Gasteiger partial charge in [-0.2, -0.15) is 13.2 Å². The summed E-state index contributed by atoms with van der Waals surface area (Å²) in [6.07, 6.45) is 17.5. The van der Waals surface area contributed by atoms with Crippen molar-refractivity contribution in [3.63, 3.8) is 0 Å². The maximum atomic E-state index is 13.1. The minimum atomic E-state index is -4.48. The molecule has 18 heteroatoms. The van der Waals surface area contributed by atoms with Crippen LogP contribution < -0.4 is 5.32 Å². The molecule has 0 aliphatic carbocycles. The van der Waals surface area contributed by atoms with E-state index in [4.69, 9.17) is 61.6 Å². The fourth-order valence-corrected chi connectivity index (χ4v) is 7.24. The van der Waals surface area contributed by atoms with E-state index in [-0.39, 0.29) is 24.5 Å². The molecule has 15 nitrogen and oxygen atoms in total. The van der Waals surface area contributed by atoms with Crippen molar-refractivity contribution in [2.24, 2.45) is 0 Å². The van der Waals surface area contributed by atoms with Crippen molar-refractivity contribution in [1.82, 2.24) is 0 Å². The van der Waals surface area contributed by atoms with Crippen LogP contribution in [0.1, 0.15) is 126 Å². The third-order valence-corrected chi connectivity index (χ3v) is 11.3. The second-order valence-electron chi connectivity index (χ2n) is 17.5.